The van der Waals surface area contributed by atoms with Gasteiger partial charge in [-0.25, -0.2) is 0 Å². The zero-order valence-corrected chi connectivity index (χ0v) is 12.6. The number of hydrogen-bond acceptors (Lipinski definition) is 4. The monoisotopic (exact) mass is 287 g/mol. The summed E-state index contributed by atoms with van der Waals surface area (Å²) in [6.45, 7) is 5.89. The van der Waals surface area contributed by atoms with Gasteiger partial charge in [0.2, 0.25) is 0 Å². The number of hydrogen-bond donors (Lipinski definition) is 1. The van der Waals surface area contributed by atoms with E-state index in [9.17, 15) is 9.90 Å². The number of aromatic nitrogens is 1. The number of aliphatic hydroxyl groups excluding tert-OH is 1. The van der Waals surface area contributed by atoms with Crippen LogP contribution in [0.1, 0.15) is 32.4 Å². The van der Waals surface area contributed by atoms with Crippen molar-refractivity contribution in [2.45, 2.75) is 26.9 Å². The van der Waals surface area contributed by atoms with Gasteiger partial charge in [-0.2, -0.15) is 0 Å². The molecule has 0 fully saturated rings. The number of benzene rings is 1. The molecule has 0 aliphatic rings. The normalized spacial score (nSPS) is 14.1. The van der Waals surface area contributed by atoms with Crippen molar-refractivity contribution in [3.05, 3.63) is 42.1 Å². The molecule has 1 aromatic carbocycles. The molecule has 0 amide bonds. The van der Waals surface area contributed by atoms with E-state index in [1.807, 2.05) is 44.2 Å². The number of esters is 1. The van der Waals surface area contributed by atoms with Crippen LogP contribution in [-0.2, 0) is 9.53 Å². The van der Waals surface area contributed by atoms with Gasteiger partial charge < -0.3 is 9.84 Å². The lowest BCUT2D eigenvalue weighted by Crippen LogP contribution is -2.29. The van der Waals surface area contributed by atoms with Gasteiger partial charge in [0.1, 0.15) is 0 Å². The van der Waals surface area contributed by atoms with Gasteiger partial charge >= 0.3 is 5.97 Å². The highest BCUT2D eigenvalue weighted by molar-refractivity contribution is 5.83. The molecule has 4 heteroatoms. The molecule has 0 bridgehead atoms. The van der Waals surface area contributed by atoms with Gasteiger partial charge in [0.25, 0.3) is 0 Å². The minimum atomic E-state index is -0.928. The second kappa shape index (κ2) is 6.68. The van der Waals surface area contributed by atoms with E-state index in [0.29, 0.717) is 12.2 Å². The predicted molar refractivity (Wildman–Crippen MR) is 81.7 cm³/mol. The minimum Gasteiger partial charge on any atom is -0.466 e. The summed E-state index contributed by atoms with van der Waals surface area (Å²) >= 11 is 0. The maximum Gasteiger partial charge on any atom is 0.312 e. The highest BCUT2D eigenvalue weighted by atomic mass is 16.5. The van der Waals surface area contributed by atoms with Gasteiger partial charge in [0.05, 0.1) is 24.1 Å². The maximum absolute atomic E-state index is 12.1. The molecule has 1 N–H and O–H groups in total. The molecule has 0 aliphatic heterocycles. The van der Waals surface area contributed by atoms with E-state index in [1.54, 1.807) is 13.1 Å². The summed E-state index contributed by atoms with van der Waals surface area (Å²) in [5.41, 5.74) is 1.39. The number of rotatable bonds is 5. The van der Waals surface area contributed by atoms with Crippen molar-refractivity contribution in [2.24, 2.45) is 11.8 Å². The molecule has 2 aromatic rings. The Kier molecular flexibility index (Phi) is 4.91. The SMILES string of the molecule is CCOC(=O)C(C(C)C)C(O)c1cccc2cccnc12. The first kappa shape index (κ1) is 15.4. The Labute approximate surface area is 124 Å². The summed E-state index contributed by atoms with van der Waals surface area (Å²) < 4.78 is 5.10. The zero-order valence-electron chi connectivity index (χ0n) is 12.6. The van der Waals surface area contributed by atoms with Crippen LogP contribution in [0.4, 0.5) is 0 Å². The number of carbonyl (C=O) groups is 1. The van der Waals surface area contributed by atoms with Crippen LogP contribution in [0.5, 0.6) is 0 Å². The van der Waals surface area contributed by atoms with Crippen molar-refractivity contribution in [3.63, 3.8) is 0 Å². The smallest absolute Gasteiger partial charge is 0.312 e. The van der Waals surface area contributed by atoms with E-state index in [0.717, 1.165) is 10.9 Å². The summed E-state index contributed by atoms with van der Waals surface area (Å²) in [4.78, 5) is 16.5. The van der Waals surface area contributed by atoms with Crippen LogP contribution in [0, 0.1) is 11.8 Å². The van der Waals surface area contributed by atoms with Crippen LogP contribution in [0.15, 0.2) is 36.5 Å². The van der Waals surface area contributed by atoms with Crippen LogP contribution in [-0.4, -0.2) is 22.7 Å². The standard InChI is InChI=1S/C17H21NO3/c1-4-21-17(20)14(11(2)3)16(19)13-9-5-7-12-8-6-10-18-15(12)13/h5-11,14,16,19H,4H2,1-3H3. The number of carbonyl (C=O) groups excluding carboxylic acids is 1. The number of fused-ring (bicyclic) bond motifs is 1. The third kappa shape index (κ3) is 3.22. The Morgan fingerprint density at radius 2 is 2.00 bits per heavy atom. The van der Waals surface area contributed by atoms with E-state index in [-0.39, 0.29) is 11.9 Å². The van der Waals surface area contributed by atoms with E-state index in [2.05, 4.69) is 4.98 Å². The molecule has 1 heterocycles. The number of ether oxygens (including phenoxy) is 1. The van der Waals surface area contributed by atoms with Crippen molar-refractivity contribution in [1.82, 2.24) is 4.98 Å². The summed E-state index contributed by atoms with van der Waals surface area (Å²) in [5.74, 6) is -0.997. The van der Waals surface area contributed by atoms with Gasteiger partial charge in [-0.1, -0.05) is 38.1 Å². The van der Waals surface area contributed by atoms with E-state index >= 15 is 0 Å². The molecule has 2 rings (SSSR count). The summed E-state index contributed by atoms with van der Waals surface area (Å²) in [5, 5.41) is 11.6. The van der Waals surface area contributed by atoms with Crippen molar-refractivity contribution < 1.29 is 14.6 Å². The number of aliphatic hydroxyl groups is 1. The average Bonchev–Trinajstić information content (AvgIpc) is 2.46. The third-order valence-electron chi connectivity index (χ3n) is 3.60. The second-order valence-corrected chi connectivity index (χ2v) is 5.39. The topological polar surface area (TPSA) is 59.4 Å². The van der Waals surface area contributed by atoms with Crippen LogP contribution < -0.4 is 0 Å². The second-order valence-electron chi connectivity index (χ2n) is 5.39. The molecule has 0 aliphatic carbocycles. The van der Waals surface area contributed by atoms with Crippen molar-refractivity contribution in [1.29, 1.82) is 0 Å². The van der Waals surface area contributed by atoms with Gasteiger partial charge in [-0.3, -0.25) is 9.78 Å². The summed E-state index contributed by atoms with van der Waals surface area (Å²) in [7, 11) is 0. The molecule has 2 atom stereocenters. The quantitative estimate of drug-likeness (QED) is 0.858. The molecular formula is C17H21NO3. The van der Waals surface area contributed by atoms with E-state index in [1.165, 1.54) is 0 Å². The Balaban J connectivity index is 2.43. The molecule has 0 spiro atoms. The fraction of sp³-hybridized carbons (Fsp3) is 0.412. The highest BCUT2D eigenvalue weighted by Gasteiger charge is 2.33. The average molecular weight is 287 g/mol. The number of para-hydroxylation sites is 1. The zero-order chi connectivity index (χ0) is 15.4. The van der Waals surface area contributed by atoms with Crippen molar-refractivity contribution >= 4 is 16.9 Å². The Morgan fingerprint density at radius 1 is 1.29 bits per heavy atom. The number of pyridine rings is 1. The third-order valence-corrected chi connectivity index (χ3v) is 3.60. The molecule has 0 saturated heterocycles. The molecule has 21 heavy (non-hydrogen) atoms. The first-order valence-corrected chi connectivity index (χ1v) is 7.24. The van der Waals surface area contributed by atoms with E-state index in [4.69, 9.17) is 4.74 Å². The lowest BCUT2D eigenvalue weighted by atomic mass is 9.85. The number of nitrogens with zero attached hydrogens (tertiary/aromatic N) is 1. The van der Waals surface area contributed by atoms with Gasteiger partial charge in [0, 0.05) is 17.1 Å². The molecule has 112 valence electrons. The maximum atomic E-state index is 12.1. The van der Waals surface area contributed by atoms with Crippen LogP contribution >= 0.6 is 0 Å². The lowest BCUT2D eigenvalue weighted by molar-refractivity contribution is -0.154. The largest absolute Gasteiger partial charge is 0.466 e. The first-order valence-electron chi connectivity index (χ1n) is 7.24. The Bertz CT molecular complexity index is 619. The lowest BCUT2D eigenvalue weighted by Gasteiger charge is -2.25. The van der Waals surface area contributed by atoms with Crippen molar-refractivity contribution in [3.8, 4) is 0 Å². The van der Waals surface area contributed by atoms with Gasteiger partial charge in [-0.05, 0) is 18.9 Å². The molecule has 4 nitrogen and oxygen atoms in total. The van der Waals surface area contributed by atoms with Gasteiger partial charge in [-0.15, -0.1) is 0 Å². The van der Waals surface area contributed by atoms with E-state index < -0.39 is 12.0 Å². The van der Waals surface area contributed by atoms with Crippen LogP contribution in [0.25, 0.3) is 10.9 Å². The molecule has 0 saturated carbocycles. The molecular weight excluding hydrogens is 266 g/mol. The van der Waals surface area contributed by atoms with Crippen molar-refractivity contribution in [2.75, 3.05) is 6.61 Å². The van der Waals surface area contributed by atoms with Crippen LogP contribution in [0.2, 0.25) is 0 Å². The minimum absolute atomic E-state index is 0.0296. The Hall–Kier alpha value is -1.94. The van der Waals surface area contributed by atoms with Gasteiger partial charge in [0.15, 0.2) is 0 Å². The molecule has 0 radical (unpaired) electrons. The molecule has 2 unspecified atom stereocenters. The summed E-state index contributed by atoms with van der Waals surface area (Å²) in [6.07, 6.45) is 0.760. The van der Waals surface area contributed by atoms with Crippen LogP contribution in [0.3, 0.4) is 0 Å². The first-order chi connectivity index (χ1) is 10.1. The highest BCUT2D eigenvalue weighted by Crippen LogP contribution is 2.32. The summed E-state index contributed by atoms with van der Waals surface area (Å²) in [6, 6.07) is 9.41. The fourth-order valence-electron chi connectivity index (χ4n) is 2.56. The molecule has 1 aromatic heterocycles. The Morgan fingerprint density at radius 3 is 2.67 bits per heavy atom. The fourth-order valence-corrected chi connectivity index (χ4v) is 2.56. The predicted octanol–water partition coefficient (Wildman–Crippen LogP) is 3.10.